The molecule has 0 fully saturated rings. The molecule has 6 heteroatoms. The van der Waals surface area contributed by atoms with E-state index < -0.39 is 0 Å². The van der Waals surface area contributed by atoms with Crippen molar-refractivity contribution in [2.45, 2.75) is 44.3 Å². The number of thioether (sulfide) groups is 1. The van der Waals surface area contributed by atoms with Crippen LogP contribution >= 0.6 is 11.8 Å². The van der Waals surface area contributed by atoms with Gasteiger partial charge in [-0.15, -0.1) is 5.10 Å². The van der Waals surface area contributed by atoms with Crippen molar-refractivity contribution in [2.75, 3.05) is 5.75 Å². The molecule has 28 heavy (non-hydrogen) atoms. The van der Waals surface area contributed by atoms with Crippen LogP contribution in [0.5, 0.6) is 0 Å². The van der Waals surface area contributed by atoms with Gasteiger partial charge in [0.2, 0.25) is 11.1 Å². The van der Waals surface area contributed by atoms with Crippen molar-refractivity contribution < 1.29 is 4.79 Å². The Kier molecular flexibility index (Phi) is 7.25. The molecule has 146 valence electrons. The fourth-order valence-electron chi connectivity index (χ4n) is 2.88. The first-order chi connectivity index (χ1) is 13.6. The second kappa shape index (κ2) is 10.1. The summed E-state index contributed by atoms with van der Waals surface area (Å²) in [5, 5.41) is 10.8. The second-order valence-corrected chi connectivity index (χ2v) is 7.74. The molecule has 0 radical (unpaired) electrons. The Hall–Kier alpha value is -2.60. The first kappa shape index (κ1) is 20.1. The fourth-order valence-corrected chi connectivity index (χ4v) is 3.49. The molecule has 0 saturated carbocycles. The zero-order valence-corrected chi connectivity index (χ0v) is 17.1. The Morgan fingerprint density at radius 1 is 1.11 bits per heavy atom. The van der Waals surface area contributed by atoms with Crippen LogP contribution in [0.25, 0.3) is 11.4 Å². The summed E-state index contributed by atoms with van der Waals surface area (Å²) in [6.45, 7) is 4.17. The van der Waals surface area contributed by atoms with E-state index >= 15 is 0 Å². The van der Waals surface area contributed by atoms with Crippen molar-refractivity contribution in [3.05, 3.63) is 65.7 Å². The fraction of sp³-hybridized carbons (Fsp3) is 0.318. The third-order valence-corrected chi connectivity index (χ3v) is 5.40. The number of aryl methyl sites for hydroxylation is 2. The van der Waals surface area contributed by atoms with Crippen LogP contribution in [0.15, 0.2) is 59.8 Å². The van der Waals surface area contributed by atoms with Crippen molar-refractivity contribution in [1.29, 1.82) is 0 Å². The summed E-state index contributed by atoms with van der Waals surface area (Å²) in [4.78, 5) is 16.7. The number of carbonyl (C=O) groups is 1. The van der Waals surface area contributed by atoms with Crippen molar-refractivity contribution in [3.8, 4) is 11.4 Å². The van der Waals surface area contributed by atoms with E-state index in [-0.39, 0.29) is 11.9 Å². The molecule has 3 aromatic rings. The highest BCUT2D eigenvalue weighted by molar-refractivity contribution is 7.99. The van der Waals surface area contributed by atoms with Gasteiger partial charge in [0, 0.05) is 11.6 Å². The summed E-state index contributed by atoms with van der Waals surface area (Å²) in [6.07, 6.45) is 2.88. The molecule has 0 aliphatic rings. The van der Waals surface area contributed by atoms with Gasteiger partial charge in [-0.1, -0.05) is 73.3 Å². The van der Waals surface area contributed by atoms with Gasteiger partial charge in [0.05, 0.1) is 5.75 Å². The number of hydrogen-bond acceptors (Lipinski definition) is 4. The van der Waals surface area contributed by atoms with E-state index in [0.717, 1.165) is 30.7 Å². The molecule has 0 spiro atoms. The largest absolute Gasteiger partial charge is 0.353 e. The van der Waals surface area contributed by atoms with Gasteiger partial charge in [-0.25, -0.2) is 4.98 Å². The van der Waals surface area contributed by atoms with Crippen LogP contribution in [-0.4, -0.2) is 32.9 Å². The van der Waals surface area contributed by atoms with Crippen molar-refractivity contribution in [2.24, 2.45) is 0 Å². The van der Waals surface area contributed by atoms with Crippen LogP contribution < -0.4 is 5.32 Å². The van der Waals surface area contributed by atoms with Crippen LogP contribution in [0, 0.1) is 0 Å². The highest BCUT2D eigenvalue weighted by atomic mass is 32.2. The van der Waals surface area contributed by atoms with E-state index in [9.17, 15) is 4.79 Å². The zero-order chi connectivity index (χ0) is 19.8. The molecule has 1 aromatic heterocycles. The summed E-state index contributed by atoms with van der Waals surface area (Å²) < 4.78 is 0. The van der Waals surface area contributed by atoms with Gasteiger partial charge >= 0.3 is 0 Å². The summed E-state index contributed by atoms with van der Waals surface area (Å²) in [5.74, 6) is 1.04. The van der Waals surface area contributed by atoms with Crippen LogP contribution in [0.3, 0.4) is 0 Å². The highest BCUT2D eigenvalue weighted by Crippen LogP contribution is 2.19. The van der Waals surface area contributed by atoms with E-state index in [4.69, 9.17) is 0 Å². The predicted octanol–water partition coefficient (Wildman–Crippen LogP) is 4.26. The molecule has 3 rings (SSSR count). The lowest BCUT2D eigenvalue weighted by Crippen LogP contribution is -2.34. The van der Waals surface area contributed by atoms with Gasteiger partial charge in [0.1, 0.15) is 0 Å². The SMILES string of the molecule is CCc1ccc(-c2nc(SCC(=O)N[C@H](C)CCc3ccccc3)n[nH]2)cc1. The Morgan fingerprint density at radius 2 is 1.86 bits per heavy atom. The van der Waals surface area contributed by atoms with Crippen molar-refractivity contribution >= 4 is 17.7 Å². The topological polar surface area (TPSA) is 70.7 Å². The normalized spacial score (nSPS) is 11.9. The van der Waals surface area contributed by atoms with Crippen molar-refractivity contribution in [1.82, 2.24) is 20.5 Å². The quantitative estimate of drug-likeness (QED) is 0.532. The first-order valence-corrected chi connectivity index (χ1v) is 10.6. The number of aromatic nitrogens is 3. The third-order valence-electron chi connectivity index (χ3n) is 4.55. The summed E-state index contributed by atoms with van der Waals surface area (Å²) >= 11 is 1.34. The first-order valence-electron chi connectivity index (χ1n) is 9.62. The highest BCUT2D eigenvalue weighted by Gasteiger charge is 2.11. The number of nitrogens with one attached hydrogen (secondary N) is 2. The lowest BCUT2D eigenvalue weighted by molar-refractivity contribution is -0.119. The third kappa shape index (κ3) is 5.96. The van der Waals surface area contributed by atoms with E-state index in [2.05, 4.69) is 51.7 Å². The summed E-state index contributed by atoms with van der Waals surface area (Å²) in [7, 11) is 0. The Morgan fingerprint density at radius 3 is 2.57 bits per heavy atom. The number of aromatic amines is 1. The molecule has 0 bridgehead atoms. The summed E-state index contributed by atoms with van der Waals surface area (Å²) in [6, 6.07) is 18.7. The van der Waals surface area contributed by atoms with E-state index in [1.54, 1.807) is 0 Å². The smallest absolute Gasteiger partial charge is 0.230 e. The van der Waals surface area contributed by atoms with Gasteiger partial charge in [-0.2, -0.15) is 0 Å². The maximum atomic E-state index is 12.2. The van der Waals surface area contributed by atoms with Gasteiger partial charge < -0.3 is 5.32 Å². The molecule has 0 aliphatic carbocycles. The minimum absolute atomic E-state index is 0.00390. The average molecular weight is 395 g/mol. The molecule has 2 N–H and O–H groups in total. The zero-order valence-electron chi connectivity index (χ0n) is 16.3. The number of benzene rings is 2. The van der Waals surface area contributed by atoms with Gasteiger partial charge in [-0.3, -0.25) is 9.89 Å². The molecule has 0 saturated heterocycles. The summed E-state index contributed by atoms with van der Waals surface area (Å²) in [5.41, 5.74) is 3.57. The number of nitrogens with zero attached hydrogens (tertiary/aromatic N) is 2. The molecular weight excluding hydrogens is 368 g/mol. The molecule has 2 aromatic carbocycles. The molecule has 1 heterocycles. The molecule has 5 nitrogen and oxygen atoms in total. The van der Waals surface area contributed by atoms with Crippen LogP contribution in [0.1, 0.15) is 31.4 Å². The minimum atomic E-state index is 0.00390. The van der Waals surface area contributed by atoms with Crippen LogP contribution in [0.4, 0.5) is 0 Å². The Labute approximate surface area is 170 Å². The molecule has 0 aliphatic heterocycles. The molecule has 1 amide bonds. The average Bonchev–Trinajstić information content (AvgIpc) is 3.21. The Balaban J connectivity index is 1.43. The monoisotopic (exact) mass is 394 g/mol. The minimum Gasteiger partial charge on any atom is -0.353 e. The van der Waals surface area contributed by atoms with Crippen molar-refractivity contribution in [3.63, 3.8) is 0 Å². The Bertz CT molecular complexity index is 877. The van der Waals surface area contributed by atoms with E-state index in [1.807, 2.05) is 37.3 Å². The lowest BCUT2D eigenvalue weighted by Gasteiger charge is -2.13. The van der Waals surface area contributed by atoms with E-state index in [0.29, 0.717) is 10.9 Å². The maximum absolute atomic E-state index is 12.2. The number of hydrogen-bond donors (Lipinski definition) is 2. The number of amides is 1. The van der Waals surface area contributed by atoms with Crippen LogP contribution in [-0.2, 0) is 17.6 Å². The lowest BCUT2D eigenvalue weighted by atomic mass is 10.1. The van der Waals surface area contributed by atoms with E-state index in [1.165, 1.54) is 22.9 Å². The number of H-pyrrole nitrogens is 1. The molecule has 1 atom stereocenters. The second-order valence-electron chi connectivity index (χ2n) is 6.80. The molecule has 0 unspecified atom stereocenters. The number of carbonyl (C=O) groups excluding carboxylic acids is 1. The van der Waals surface area contributed by atoms with Gasteiger partial charge in [-0.05, 0) is 37.3 Å². The maximum Gasteiger partial charge on any atom is 0.230 e. The van der Waals surface area contributed by atoms with Crippen LogP contribution in [0.2, 0.25) is 0 Å². The predicted molar refractivity (Wildman–Crippen MR) is 114 cm³/mol. The number of rotatable bonds is 9. The van der Waals surface area contributed by atoms with Gasteiger partial charge in [0.25, 0.3) is 0 Å². The van der Waals surface area contributed by atoms with Gasteiger partial charge in [0.15, 0.2) is 5.82 Å². The molecular formula is C22H26N4OS. The standard InChI is InChI=1S/C22H26N4OS/c1-3-17-11-13-19(14-12-17)21-24-22(26-25-21)28-15-20(27)23-16(2)9-10-18-7-5-4-6-8-18/h4-8,11-14,16H,3,9-10,15H2,1-2H3,(H,23,27)(H,24,25,26)/t16-/m1/s1.